The average Bonchev–Trinajstić information content (AvgIpc) is 2.86. The number of nitrogens with zero attached hydrogens (tertiary/aromatic N) is 3. The van der Waals surface area contributed by atoms with E-state index in [2.05, 4.69) is 40.5 Å². The van der Waals surface area contributed by atoms with Crippen LogP contribution < -0.4 is 15.5 Å². The molecule has 8 heteroatoms. The Morgan fingerprint density at radius 3 is 2.39 bits per heavy atom. The molecule has 4 rings (SSSR count). The van der Waals surface area contributed by atoms with Crippen molar-refractivity contribution in [3.8, 4) is 0 Å². The number of hydrogen-bond acceptors (Lipinski definition) is 5. The highest BCUT2D eigenvalue weighted by molar-refractivity contribution is 6.35. The predicted molar refractivity (Wildman–Crippen MR) is 151 cm³/mol. The van der Waals surface area contributed by atoms with Gasteiger partial charge in [-0.15, -0.1) is 0 Å². The van der Waals surface area contributed by atoms with Crippen molar-refractivity contribution in [3.05, 3.63) is 70.1 Å². The van der Waals surface area contributed by atoms with Gasteiger partial charge < -0.3 is 25.3 Å². The van der Waals surface area contributed by atoms with Gasteiger partial charge in [0.1, 0.15) is 5.82 Å². The highest BCUT2D eigenvalue weighted by Crippen LogP contribution is 2.24. The molecule has 0 unspecified atom stereocenters. The lowest BCUT2D eigenvalue weighted by Gasteiger charge is -2.40. The molecule has 6 nitrogen and oxygen atoms in total. The van der Waals surface area contributed by atoms with Crippen molar-refractivity contribution in [2.45, 2.75) is 51.6 Å². The number of hydrogen-bond donors (Lipinski definition) is 2. The minimum Gasteiger partial charge on any atom is -0.374 e. The highest BCUT2D eigenvalue weighted by Gasteiger charge is 2.23. The van der Waals surface area contributed by atoms with Crippen LogP contribution in [-0.2, 0) is 11.2 Å². The zero-order valence-electron chi connectivity index (χ0n) is 21.2. The summed E-state index contributed by atoms with van der Waals surface area (Å²) in [6.07, 6.45) is 7.62. The monoisotopic (exact) mass is 529 g/mol. The Labute approximate surface area is 225 Å². The zero-order valence-corrected chi connectivity index (χ0v) is 22.7. The lowest BCUT2D eigenvalue weighted by atomic mass is 10.1. The third-order valence-corrected chi connectivity index (χ3v) is 7.42. The van der Waals surface area contributed by atoms with Crippen molar-refractivity contribution in [1.82, 2.24) is 15.1 Å². The fourth-order valence-electron chi connectivity index (χ4n) is 5.03. The van der Waals surface area contributed by atoms with Gasteiger partial charge in [0.15, 0.2) is 0 Å². The molecule has 0 aliphatic carbocycles. The summed E-state index contributed by atoms with van der Waals surface area (Å²) in [6, 6.07) is 14.4. The van der Waals surface area contributed by atoms with Gasteiger partial charge >= 0.3 is 0 Å². The first-order valence-corrected chi connectivity index (χ1v) is 13.7. The number of carbonyl (C=O) groups is 1. The summed E-state index contributed by atoms with van der Waals surface area (Å²) < 4.78 is 0. The lowest BCUT2D eigenvalue weighted by molar-refractivity contribution is -0.107. The highest BCUT2D eigenvalue weighted by atomic mass is 35.5. The first-order chi connectivity index (χ1) is 17.4. The van der Waals surface area contributed by atoms with Crippen LogP contribution in [0.3, 0.4) is 0 Å². The normalized spacial score (nSPS) is 20.8. The van der Waals surface area contributed by atoms with Gasteiger partial charge in [-0.3, -0.25) is 4.79 Å². The van der Waals surface area contributed by atoms with Gasteiger partial charge in [-0.25, -0.2) is 0 Å². The Bertz CT molecular complexity index is 1030. The Balaban J connectivity index is 1.45. The average molecular weight is 531 g/mol. The van der Waals surface area contributed by atoms with Gasteiger partial charge in [0, 0.05) is 72.4 Å². The number of piperidine rings is 1. The molecule has 0 spiro atoms. The molecule has 2 fully saturated rings. The molecule has 1 amide bonds. The number of amides is 1. The van der Waals surface area contributed by atoms with E-state index < -0.39 is 0 Å². The van der Waals surface area contributed by atoms with E-state index in [9.17, 15) is 4.79 Å². The third kappa shape index (κ3) is 7.31. The Morgan fingerprint density at radius 2 is 1.75 bits per heavy atom. The second-order valence-electron chi connectivity index (χ2n) is 9.94. The lowest BCUT2D eigenvalue weighted by Crippen LogP contribution is -2.54. The van der Waals surface area contributed by atoms with Crippen molar-refractivity contribution < 1.29 is 4.79 Å². The molecule has 2 aliphatic heterocycles. The summed E-state index contributed by atoms with van der Waals surface area (Å²) in [6.45, 7) is 9.14. The summed E-state index contributed by atoms with van der Waals surface area (Å²) in [7, 11) is 0. The van der Waals surface area contributed by atoms with Gasteiger partial charge in [0.25, 0.3) is 0 Å². The Morgan fingerprint density at radius 1 is 1.06 bits per heavy atom. The van der Waals surface area contributed by atoms with Gasteiger partial charge in [-0.1, -0.05) is 29.3 Å². The molecule has 2 aromatic rings. The number of nitrogens with one attached hydrogen (secondary N) is 2. The minimum absolute atomic E-state index is 0.429. The number of halogens is 2. The number of anilines is 2. The van der Waals surface area contributed by atoms with Crippen LogP contribution in [0.4, 0.5) is 11.4 Å². The second kappa shape index (κ2) is 12.7. The van der Waals surface area contributed by atoms with E-state index in [-0.39, 0.29) is 0 Å². The second-order valence-corrected chi connectivity index (χ2v) is 10.8. The maximum atomic E-state index is 11.8. The van der Waals surface area contributed by atoms with Gasteiger partial charge in [-0.05, 0) is 81.5 Å². The number of likely N-dealkylation sites (tertiary alicyclic amines) is 1. The number of rotatable bonds is 9. The van der Waals surface area contributed by atoms with Crippen LogP contribution in [0.2, 0.25) is 10.0 Å². The molecule has 2 saturated heterocycles. The van der Waals surface area contributed by atoms with Gasteiger partial charge in [0.05, 0.1) is 0 Å². The number of carbonyl (C=O) groups excluding carboxylic acids is 1. The van der Waals surface area contributed by atoms with Gasteiger partial charge in [0.2, 0.25) is 6.41 Å². The SMILES string of the molecule is C[C@@H]1CN(/C(=C\N2CCCCC2)Nc2ccc(N(C=O)CCc3ccc(Cl)cc3Cl)cc2)C[C@@H](C)N1. The maximum Gasteiger partial charge on any atom is 0.214 e. The minimum atomic E-state index is 0.429. The standard InChI is InChI=1S/C28H37Cl2N5O/c1-21-17-35(18-22(2)31-21)28(19-33-13-4-3-5-14-33)32-25-8-10-26(11-9-25)34(20-36)15-12-23-6-7-24(29)16-27(23)30/h6-11,16,19-22,31-32H,3-5,12-15,17-18H2,1-2H3/b28-19-/t21-,22-/m1/s1. The molecule has 0 saturated carbocycles. The van der Waals surface area contributed by atoms with Crippen LogP contribution in [0.25, 0.3) is 0 Å². The summed E-state index contributed by atoms with van der Waals surface area (Å²) >= 11 is 12.3. The summed E-state index contributed by atoms with van der Waals surface area (Å²) in [4.78, 5) is 18.4. The quantitative estimate of drug-likeness (QED) is 0.415. The van der Waals surface area contributed by atoms with Crippen LogP contribution in [0.5, 0.6) is 0 Å². The van der Waals surface area contributed by atoms with E-state index >= 15 is 0 Å². The van der Waals surface area contributed by atoms with E-state index in [1.54, 1.807) is 11.0 Å². The molecule has 2 aromatic carbocycles. The molecule has 0 aromatic heterocycles. The van der Waals surface area contributed by atoms with Crippen LogP contribution in [-0.4, -0.2) is 61.0 Å². The molecule has 2 N–H and O–H groups in total. The van der Waals surface area contributed by atoms with Crippen molar-refractivity contribution in [2.75, 3.05) is 42.9 Å². The van der Waals surface area contributed by atoms with E-state index in [1.165, 1.54) is 19.3 Å². The van der Waals surface area contributed by atoms with E-state index in [1.807, 2.05) is 36.4 Å². The molecule has 0 bridgehead atoms. The molecule has 36 heavy (non-hydrogen) atoms. The first-order valence-electron chi connectivity index (χ1n) is 12.9. The fourth-order valence-corrected chi connectivity index (χ4v) is 5.53. The largest absolute Gasteiger partial charge is 0.374 e. The zero-order chi connectivity index (χ0) is 25.5. The number of piperazine rings is 1. The van der Waals surface area contributed by atoms with Crippen molar-refractivity contribution in [1.29, 1.82) is 0 Å². The molecule has 2 aliphatic rings. The van der Waals surface area contributed by atoms with E-state index in [4.69, 9.17) is 23.2 Å². The van der Waals surface area contributed by atoms with E-state index in [0.29, 0.717) is 35.1 Å². The summed E-state index contributed by atoms with van der Waals surface area (Å²) in [5.41, 5.74) is 2.83. The topological polar surface area (TPSA) is 50.9 Å². The molecule has 2 heterocycles. The maximum absolute atomic E-state index is 11.8. The van der Waals surface area contributed by atoms with E-state index in [0.717, 1.165) is 55.3 Å². The fraction of sp³-hybridized carbons (Fsp3) is 0.464. The summed E-state index contributed by atoms with van der Waals surface area (Å²) in [5, 5.41) is 8.53. The van der Waals surface area contributed by atoms with Crippen LogP contribution in [0.15, 0.2) is 54.5 Å². The van der Waals surface area contributed by atoms with Crippen LogP contribution >= 0.6 is 23.2 Å². The smallest absolute Gasteiger partial charge is 0.214 e. The van der Waals surface area contributed by atoms with Crippen molar-refractivity contribution in [2.24, 2.45) is 0 Å². The molecule has 194 valence electrons. The van der Waals surface area contributed by atoms with Crippen molar-refractivity contribution >= 4 is 41.0 Å². The van der Waals surface area contributed by atoms with Crippen LogP contribution in [0.1, 0.15) is 38.7 Å². The Hall–Kier alpha value is -2.41. The van der Waals surface area contributed by atoms with Gasteiger partial charge in [-0.2, -0.15) is 0 Å². The summed E-state index contributed by atoms with van der Waals surface area (Å²) in [5.74, 6) is 1.13. The molecular formula is C28H37Cl2N5O. The Kier molecular flexibility index (Phi) is 9.41. The third-order valence-electron chi connectivity index (χ3n) is 6.83. The molecular weight excluding hydrogens is 493 g/mol. The van der Waals surface area contributed by atoms with Crippen LogP contribution in [0, 0.1) is 0 Å². The first kappa shape index (κ1) is 26.6. The predicted octanol–water partition coefficient (Wildman–Crippen LogP) is 5.58. The van der Waals surface area contributed by atoms with Crippen molar-refractivity contribution in [3.63, 3.8) is 0 Å². The number of benzene rings is 2. The molecule has 2 atom stereocenters. The molecule has 0 radical (unpaired) electrons.